The van der Waals surface area contributed by atoms with Crippen molar-refractivity contribution in [2.24, 2.45) is 0 Å². The minimum atomic E-state index is -0.168. The molecule has 30 heavy (non-hydrogen) atoms. The number of nitrogens with zero attached hydrogens (tertiary/aromatic N) is 3. The van der Waals surface area contributed by atoms with Crippen LogP contribution < -0.4 is 10.5 Å². The topological polar surface area (TPSA) is 55.2 Å². The summed E-state index contributed by atoms with van der Waals surface area (Å²) in [6, 6.07) is 16.8. The Morgan fingerprint density at radius 1 is 1.10 bits per heavy atom. The van der Waals surface area contributed by atoms with Crippen LogP contribution in [0.25, 0.3) is 11.3 Å². The fourth-order valence-corrected chi connectivity index (χ4v) is 4.01. The summed E-state index contributed by atoms with van der Waals surface area (Å²) in [7, 11) is 0. The molecule has 1 aliphatic rings. The molecule has 5 nitrogen and oxygen atoms in total. The number of fused-ring (bicyclic) bond motifs is 1. The Balaban J connectivity index is 1.42. The first-order valence-corrected chi connectivity index (χ1v) is 10.6. The second kappa shape index (κ2) is 8.84. The molecule has 1 aliphatic heterocycles. The molecule has 0 N–H and O–H groups in total. The molecule has 0 aliphatic carbocycles. The van der Waals surface area contributed by atoms with Crippen LogP contribution in [-0.2, 0) is 17.8 Å². The van der Waals surface area contributed by atoms with Crippen molar-refractivity contribution in [3.05, 3.63) is 81.1 Å². The lowest BCUT2D eigenvalue weighted by Crippen LogP contribution is -2.35. The SMILES string of the molecule is Cc1ccc2c(c1)CCCN2C(=O)CCCn1nc(-c2ccc(Cl)cc2)ccc1=O. The summed E-state index contributed by atoms with van der Waals surface area (Å²) in [5.41, 5.74) is 4.91. The third kappa shape index (κ3) is 4.46. The Morgan fingerprint density at radius 2 is 1.90 bits per heavy atom. The second-order valence-corrected chi connectivity index (χ2v) is 8.11. The molecule has 0 bridgehead atoms. The maximum Gasteiger partial charge on any atom is 0.266 e. The number of aromatic nitrogens is 2. The molecule has 2 aromatic carbocycles. The van der Waals surface area contributed by atoms with Crippen LogP contribution in [0, 0.1) is 6.92 Å². The zero-order chi connectivity index (χ0) is 21.1. The highest BCUT2D eigenvalue weighted by molar-refractivity contribution is 6.30. The summed E-state index contributed by atoms with van der Waals surface area (Å²) >= 11 is 5.95. The average Bonchev–Trinajstić information content (AvgIpc) is 2.75. The van der Waals surface area contributed by atoms with Gasteiger partial charge in [0, 0.05) is 41.9 Å². The van der Waals surface area contributed by atoms with Gasteiger partial charge in [0.15, 0.2) is 0 Å². The number of amides is 1. The van der Waals surface area contributed by atoms with Crippen LogP contribution in [0.15, 0.2) is 59.4 Å². The fourth-order valence-electron chi connectivity index (χ4n) is 3.88. The predicted octanol–water partition coefficient (Wildman–Crippen LogP) is 4.63. The smallest absolute Gasteiger partial charge is 0.266 e. The van der Waals surface area contributed by atoms with Gasteiger partial charge >= 0.3 is 0 Å². The standard InChI is InChI=1S/C24H24ClN3O2/c1-17-6-12-22-19(16-17)4-2-14-27(22)23(29)5-3-15-28-24(30)13-11-21(26-28)18-7-9-20(25)10-8-18/h6-13,16H,2-5,14-15H2,1H3. The van der Waals surface area contributed by atoms with E-state index < -0.39 is 0 Å². The van der Waals surface area contributed by atoms with Gasteiger partial charge in [0.25, 0.3) is 5.56 Å². The summed E-state index contributed by atoms with van der Waals surface area (Å²) in [5, 5.41) is 5.12. The van der Waals surface area contributed by atoms with Crippen LogP contribution in [0.3, 0.4) is 0 Å². The van der Waals surface area contributed by atoms with Gasteiger partial charge in [-0.25, -0.2) is 4.68 Å². The third-order valence-corrected chi connectivity index (χ3v) is 5.67. The summed E-state index contributed by atoms with van der Waals surface area (Å²) < 4.78 is 1.44. The maximum absolute atomic E-state index is 12.8. The number of aryl methyl sites for hydroxylation is 3. The molecule has 2 heterocycles. The lowest BCUT2D eigenvalue weighted by atomic mass is 9.99. The normalized spacial score (nSPS) is 13.2. The van der Waals surface area contributed by atoms with Crippen LogP contribution in [0.4, 0.5) is 5.69 Å². The zero-order valence-corrected chi connectivity index (χ0v) is 17.7. The molecule has 6 heteroatoms. The van der Waals surface area contributed by atoms with Gasteiger partial charge in [0.1, 0.15) is 0 Å². The molecule has 0 saturated heterocycles. The van der Waals surface area contributed by atoms with Gasteiger partial charge in [0.2, 0.25) is 5.91 Å². The van der Waals surface area contributed by atoms with Gasteiger partial charge in [-0.1, -0.05) is 41.4 Å². The summed E-state index contributed by atoms with van der Waals surface area (Å²) in [4.78, 5) is 26.9. The number of benzene rings is 2. The monoisotopic (exact) mass is 421 g/mol. The maximum atomic E-state index is 12.8. The van der Waals surface area contributed by atoms with Gasteiger partial charge in [-0.3, -0.25) is 9.59 Å². The summed E-state index contributed by atoms with van der Waals surface area (Å²) in [5.74, 6) is 0.0988. The number of hydrogen-bond acceptors (Lipinski definition) is 3. The Morgan fingerprint density at radius 3 is 2.70 bits per heavy atom. The molecule has 1 aromatic heterocycles. The molecule has 3 aromatic rings. The molecule has 154 valence electrons. The highest BCUT2D eigenvalue weighted by Gasteiger charge is 2.22. The van der Waals surface area contributed by atoms with Gasteiger partial charge in [-0.2, -0.15) is 5.10 Å². The molecule has 0 fully saturated rings. The molecular formula is C24H24ClN3O2. The molecule has 0 spiro atoms. The predicted molar refractivity (Wildman–Crippen MR) is 120 cm³/mol. The second-order valence-electron chi connectivity index (χ2n) is 7.67. The Kier molecular flexibility index (Phi) is 6.00. The van der Waals surface area contributed by atoms with Gasteiger partial charge in [-0.15, -0.1) is 0 Å². The van der Waals surface area contributed by atoms with E-state index in [0.717, 1.165) is 30.6 Å². The van der Waals surface area contributed by atoms with E-state index in [-0.39, 0.29) is 11.5 Å². The molecule has 0 atom stereocenters. The molecule has 1 amide bonds. The molecule has 0 saturated carbocycles. The zero-order valence-electron chi connectivity index (χ0n) is 17.0. The molecule has 0 unspecified atom stereocenters. The van der Waals surface area contributed by atoms with E-state index in [1.54, 1.807) is 18.2 Å². The van der Waals surface area contributed by atoms with Crippen molar-refractivity contribution >= 4 is 23.2 Å². The first kappa shape index (κ1) is 20.4. The van der Waals surface area contributed by atoms with Crippen LogP contribution in [0.2, 0.25) is 5.02 Å². The van der Waals surface area contributed by atoms with Crippen molar-refractivity contribution < 1.29 is 4.79 Å². The van der Waals surface area contributed by atoms with Gasteiger partial charge in [-0.05, 0) is 56.0 Å². The third-order valence-electron chi connectivity index (χ3n) is 5.42. The Bertz CT molecular complexity index is 1120. The van der Waals surface area contributed by atoms with E-state index in [0.29, 0.717) is 30.1 Å². The quantitative estimate of drug-likeness (QED) is 0.603. The Hall–Kier alpha value is -2.92. The number of hydrogen-bond donors (Lipinski definition) is 0. The van der Waals surface area contributed by atoms with Crippen molar-refractivity contribution in [3.8, 4) is 11.3 Å². The van der Waals surface area contributed by atoms with E-state index in [9.17, 15) is 9.59 Å². The fraction of sp³-hybridized carbons (Fsp3) is 0.292. The van der Waals surface area contributed by atoms with E-state index >= 15 is 0 Å². The number of carbonyl (C=O) groups excluding carboxylic acids is 1. The average molecular weight is 422 g/mol. The highest BCUT2D eigenvalue weighted by Crippen LogP contribution is 2.28. The van der Waals surface area contributed by atoms with E-state index in [2.05, 4.69) is 24.2 Å². The van der Waals surface area contributed by atoms with Crippen molar-refractivity contribution in [2.45, 2.75) is 39.2 Å². The Labute approximate surface area is 180 Å². The van der Waals surface area contributed by atoms with Crippen LogP contribution in [-0.4, -0.2) is 22.2 Å². The number of carbonyl (C=O) groups is 1. The van der Waals surface area contributed by atoms with Crippen molar-refractivity contribution in [1.29, 1.82) is 0 Å². The lowest BCUT2D eigenvalue weighted by molar-refractivity contribution is -0.118. The lowest BCUT2D eigenvalue weighted by Gasteiger charge is -2.30. The summed E-state index contributed by atoms with van der Waals surface area (Å²) in [6.45, 7) is 3.23. The number of anilines is 1. The van der Waals surface area contributed by atoms with Crippen LogP contribution in [0.1, 0.15) is 30.4 Å². The van der Waals surface area contributed by atoms with Gasteiger partial charge in [0.05, 0.1) is 5.69 Å². The van der Waals surface area contributed by atoms with Crippen LogP contribution in [0.5, 0.6) is 0 Å². The van der Waals surface area contributed by atoms with E-state index in [1.807, 2.05) is 23.1 Å². The minimum absolute atomic E-state index is 0.0988. The first-order chi connectivity index (χ1) is 14.5. The molecule has 4 rings (SSSR count). The van der Waals surface area contributed by atoms with Crippen molar-refractivity contribution in [2.75, 3.05) is 11.4 Å². The van der Waals surface area contributed by atoms with Crippen molar-refractivity contribution in [1.82, 2.24) is 9.78 Å². The van der Waals surface area contributed by atoms with E-state index in [4.69, 9.17) is 11.6 Å². The largest absolute Gasteiger partial charge is 0.312 e. The highest BCUT2D eigenvalue weighted by atomic mass is 35.5. The number of halogens is 1. The minimum Gasteiger partial charge on any atom is -0.312 e. The van der Waals surface area contributed by atoms with Crippen LogP contribution >= 0.6 is 11.6 Å². The van der Waals surface area contributed by atoms with E-state index in [1.165, 1.54) is 21.9 Å². The first-order valence-electron chi connectivity index (χ1n) is 10.3. The molecular weight excluding hydrogens is 398 g/mol. The van der Waals surface area contributed by atoms with Crippen molar-refractivity contribution in [3.63, 3.8) is 0 Å². The molecule has 0 radical (unpaired) electrons. The van der Waals surface area contributed by atoms with Gasteiger partial charge < -0.3 is 4.90 Å². The summed E-state index contributed by atoms with van der Waals surface area (Å²) in [6.07, 6.45) is 2.93. The number of rotatable bonds is 5.